The van der Waals surface area contributed by atoms with Gasteiger partial charge in [-0.25, -0.2) is 15.0 Å². The van der Waals surface area contributed by atoms with Crippen LogP contribution >= 0.6 is 0 Å². The summed E-state index contributed by atoms with van der Waals surface area (Å²) in [4.78, 5) is 14.5. The van der Waals surface area contributed by atoms with Crippen molar-refractivity contribution in [1.82, 2.24) is 15.0 Å². The van der Waals surface area contributed by atoms with Gasteiger partial charge in [-0.15, -0.1) is 16.4 Å². The van der Waals surface area contributed by atoms with Gasteiger partial charge in [-0.05, 0) is 34.9 Å². The third-order valence-corrected chi connectivity index (χ3v) is 12.0. The van der Waals surface area contributed by atoms with Gasteiger partial charge in [-0.3, -0.25) is 0 Å². The van der Waals surface area contributed by atoms with Crippen LogP contribution in [0.1, 0.15) is 0 Å². The van der Waals surface area contributed by atoms with Crippen LogP contribution < -0.4 is 81.9 Å². The molecule has 3 aromatic heterocycles. The maximum absolute atomic E-state index is 6.90. The van der Waals surface area contributed by atoms with Crippen LogP contribution in [0.3, 0.4) is 0 Å². The first-order chi connectivity index (χ1) is 31.0. The van der Waals surface area contributed by atoms with E-state index < -0.39 is 0 Å². The number of furan rings is 2. The molecule has 20 heteroatoms. The van der Waals surface area contributed by atoms with E-state index in [9.17, 15) is 0 Å². The summed E-state index contributed by atoms with van der Waals surface area (Å²) in [5.41, 5.74) is 2.29. The summed E-state index contributed by atoms with van der Waals surface area (Å²) in [5.74, 6) is 0.683. The molecule has 0 fully saturated rings. The van der Waals surface area contributed by atoms with Crippen molar-refractivity contribution in [3.8, 4) is 56.4 Å². The SMILES string of the molecule is [B]c1c([B])c(-c2c([B])c([B])c(-c3c([B])c([B])c([B])c4c3oc3c([B])c([B])c([B])c([B])c34)c([B])c2[B])c([B])c([B])c1-c1nc(-c2ccccc2)nc(-c2ccc3c(c2)oc2ccccc23)n1. The van der Waals surface area contributed by atoms with Gasteiger partial charge in [0.05, 0.1) is 0 Å². The van der Waals surface area contributed by atoms with Gasteiger partial charge in [-0.1, -0.05) is 120 Å². The molecular weight excluding hydrogens is 777 g/mol. The van der Waals surface area contributed by atoms with Gasteiger partial charge in [0.2, 0.25) is 0 Å². The molecule has 0 N–H and O–H groups in total. The molecule has 0 saturated carbocycles. The predicted molar refractivity (Wildman–Crippen MR) is 282 cm³/mol. The molecule has 10 rings (SSSR count). The van der Waals surface area contributed by atoms with E-state index in [-0.39, 0.29) is 138 Å². The van der Waals surface area contributed by atoms with Crippen LogP contribution in [-0.4, -0.2) is 133 Å². The fourth-order valence-corrected chi connectivity index (χ4v) is 8.55. The van der Waals surface area contributed by atoms with Gasteiger partial charge in [-0.2, -0.15) is 0 Å². The molecule has 7 aromatic carbocycles. The Morgan fingerprint density at radius 3 is 1.32 bits per heavy atom. The van der Waals surface area contributed by atoms with Crippen molar-refractivity contribution in [2.45, 2.75) is 0 Å². The summed E-state index contributed by atoms with van der Waals surface area (Å²) in [5, 5.41) is 2.35. The maximum atomic E-state index is 6.90. The number of hydrogen-bond donors (Lipinski definition) is 0. The minimum Gasteiger partial charge on any atom is -0.456 e. The van der Waals surface area contributed by atoms with Crippen LogP contribution in [0.5, 0.6) is 0 Å². The van der Waals surface area contributed by atoms with Gasteiger partial charge in [0.1, 0.15) is 140 Å². The zero-order valence-electron chi connectivity index (χ0n) is 34.2. The van der Waals surface area contributed by atoms with Crippen molar-refractivity contribution in [3.63, 3.8) is 0 Å². The highest BCUT2D eigenvalue weighted by Crippen LogP contribution is 2.33. The van der Waals surface area contributed by atoms with Gasteiger partial charge in [0, 0.05) is 43.8 Å². The Bertz CT molecular complexity index is 3680. The molecule has 0 aliphatic heterocycles. The van der Waals surface area contributed by atoms with Crippen molar-refractivity contribution in [2.75, 3.05) is 0 Å². The Balaban J connectivity index is 1.17. The highest BCUT2D eigenvalue weighted by atomic mass is 16.3. The van der Waals surface area contributed by atoms with E-state index in [0.29, 0.717) is 28.4 Å². The minimum absolute atomic E-state index is 0.000104. The van der Waals surface area contributed by atoms with E-state index in [1.54, 1.807) is 0 Å². The quantitative estimate of drug-likeness (QED) is 0.163. The molecule has 264 valence electrons. The van der Waals surface area contributed by atoms with E-state index in [4.69, 9.17) is 141 Å². The van der Waals surface area contributed by atoms with E-state index in [0.717, 1.165) is 16.4 Å². The molecule has 0 aliphatic rings. The topological polar surface area (TPSA) is 65.0 Å². The molecule has 5 nitrogen and oxygen atoms in total. The first kappa shape index (κ1) is 43.0. The standard InChI is InChI=1S/C45H12B15N3O2/c46-26-19(27(47)31(51)21(30(26)50)22-32(52)37(57)33(53)23-24-34(54)38(58)39(59)40(60)42(24)65-41(22)23)20-28(48)35(55)25(36(56)29(20)49)45-62-43(13-6-2-1-3-7-13)61-44(63-45)14-10-11-16-15-8-4-5-9-17(15)64-18(16)12-14/h1-12H. The van der Waals surface area contributed by atoms with Gasteiger partial charge >= 0.3 is 0 Å². The van der Waals surface area contributed by atoms with Crippen molar-refractivity contribution in [2.24, 2.45) is 0 Å². The number of aromatic nitrogens is 3. The van der Waals surface area contributed by atoms with Crippen molar-refractivity contribution in [1.29, 1.82) is 0 Å². The van der Waals surface area contributed by atoms with Crippen LogP contribution in [-0.2, 0) is 0 Å². The van der Waals surface area contributed by atoms with Gasteiger partial charge in [0.25, 0.3) is 0 Å². The molecule has 10 aromatic rings. The Morgan fingerprint density at radius 1 is 0.292 bits per heavy atom. The van der Waals surface area contributed by atoms with Crippen molar-refractivity contribution in [3.05, 3.63) is 72.8 Å². The second kappa shape index (κ2) is 15.6. The van der Waals surface area contributed by atoms with Crippen LogP contribution in [0.15, 0.2) is 81.6 Å². The monoisotopic (exact) mass is 791 g/mol. The largest absolute Gasteiger partial charge is 0.456 e. The van der Waals surface area contributed by atoms with E-state index >= 15 is 0 Å². The lowest BCUT2D eigenvalue weighted by Crippen LogP contribution is -2.51. The van der Waals surface area contributed by atoms with Gasteiger partial charge < -0.3 is 8.83 Å². The molecule has 30 radical (unpaired) electrons. The second-order valence-corrected chi connectivity index (χ2v) is 15.6. The third kappa shape index (κ3) is 6.33. The second-order valence-electron chi connectivity index (χ2n) is 15.6. The molecule has 65 heavy (non-hydrogen) atoms. The van der Waals surface area contributed by atoms with E-state index in [1.165, 1.54) is 0 Å². The Hall–Kier alpha value is -5.88. The summed E-state index contributed by atoms with van der Waals surface area (Å²) in [7, 11) is 99.9. The number of nitrogens with zero attached hydrogens (tertiary/aromatic N) is 3. The van der Waals surface area contributed by atoms with Crippen LogP contribution in [0.2, 0.25) is 0 Å². The number of rotatable bonds is 5. The van der Waals surface area contributed by atoms with Crippen LogP contribution in [0, 0.1) is 0 Å². The number of para-hydroxylation sites is 1. The lowest BCUT2D eigenvalue weighted by atomic mass is 9.56. The highest BCUT2D eigenvalue weighted by molar-refractivity contribution is 6.71. The third-order valence-electron chi connectivity index (χ3n) is 12.0. The molecule has 0 saturated heterocycles. The average Bonchev–Trinajstić information content (AvgIpc) is 3.90. The minimum atomic E-state index is -0.127. The predicted octanol–water partition coefficient (Wildman–Crippen LogP) is -6.09. The molecule has 0 bridgehead atoms. The fraction of sp³-hybridized carbons (Fsp3) is 0. The zero-order valence-corrected chi connectivity index (χ0v) is 34.2. The lowest BCUT2D eigenvalue weighted by molar-refractivity contribution is 0.669. The zero-order chi connectivity index (χ0) is 46.1. The fourth-order valence-electron chi connectivity index (χ4n) is 8.55. The number of hydrogen-bond acceptors (Lipinski definition) is 5. The summed E-state index contributed by atoms with van der Waals surface area (Å²) >= 11 is 0. The molecule has 0 unspecified atom stereocenters. The smallest absolute Gasteiger partial charge is 0.164 e. The molecule has 0 atom stereocenters. The van der Waals surface area contributed by atoms with Crippen molar-refractivity contribution < 1.29 is 8.83 Å². The lowest BCUT2D eigenvalue weighted by Gasteiger charge is -2.29. The first-order valence-electron chi connectivity index (χ1n) is 19.7. The molecule has 0 amide bonds. The summed E-state index contributed by atoms with van der Waals surface area (Å²) in [6, 6.07) is 22.8. The summed E-state index contributed by atoms with van der Waals surface area (Å²) < 4.78 is 12.5. The number of fused-ring (bicyclic) bond motifs is 6. The summed E-state index contributed by atoms with van der Waals surface area (Å²) in [6.07, 6.45) is 0. The highest BCUT2D eigenvalue weighted by Gasteiger charge is 2.27. The molecular formula is C45H12B15N3O2. The van der Waals surface area contributed by atoms with E-state index in [1.807, 2.05) is 72.8 Å². The number of benzene rings is 7. The van der Waals surface area contributed by atoms with Gasteiger partial charge in [0.15, 0.2) is 17.5 Å². The Labute approximate surface area is 394 Å². The normalized spacial score (nSPS) is 11.7. The van der Waals surface area contributed by atoms with E-state index in [2.05, 4.69) is 0 Å². The van der Waals surface area contributed by atoms with Crippen molar-refractivity contribution >= 4 is 244 Å². The molecule has 0 spiro atoms. The first-order valence-corrected chi connectivity index (χ1v) is 19.7. The molecule has 3 heterocycles. The van der Waals surface area contributed by atoms with Crippen LogP contribution in [0.25, 0.3) is 100 Å². The Kier molecular flexibility index (Phi) is 10.4. The summed E-state index contributed by atoms with van der Waals surface area (Å²) in [6.45, 7) is 0. The van der Waals surface area contributed by atoms with Crippen LogP contribution in [0.4, 0.5) is 0 Å². The Morgan fingerprint density at radius 2 is 0.723 bits per heavy atom. The average molecular weight is 789 g/mol. The maximum Gasteiger partial charge on any atom is 0.164 e. The molecule has 0 aliphatic carbocycles.